The lowest BCUT2D eigenvalue weighted by atomic mass is 10.1. The molecule has 1 amide bonds. The summed E-state index contributed by atoms with van der Waals surface area (Å²) < 4.78 is 0. The van der Waals surface area contributed by atoms with Crippen LogP contribution in [0.25, 0.3) is 10.9 Å². The second-order valence-corrected chi connectivity index (χ2v) is 5.21. The number of benzene rings is 1. The fraction of sp³-hybridized carbons (Fsp3) is 0.176. The van der Waals surface area contributed by atoms with E-state index in [0.29, 0.717) is 13.0 Å². The second kappa shape index (κ2) is 6.41. The monoisotopic (exact) mass is 294 g/mol. The topological polar surface area (TPSA) is 83.8 Å². The number of hydrogen-bond donors (Lipinski definition) is 3. The van der Waals surface area contributed by atoms with Crippen LogP contribution in [0.3, 0.4) is 0 Å². The number of nitrogens with one attached hydrogen (secondary N) is 2. The van der Waals surface area contributed by atoms with Crippen molar-refractivity contribution in [2.45, 2.75) is 19.0 Å². The molecule has 0 fully saturated rings. The molecule has 3 rings (SSSR count). The van der Waals surface area contributed by atoms with Gasteiger partial charge in [-0.25, -0.2) is 0 Å². The number of carbonyl (C=O) groups excluding carboxylic acids is 1. The van der Waals surface area contributed by atoms with E-state index in [4.69, 9.17) is 5.73 Å². The maximum Gasteiger partial charge on any atom is 0.237 e. The highest BCUT2D eigenvalue weighted by Gasteiger charge is 2.15. The van der Waals surface area contributed by atoms with E-state index in [1.807, 2.05) is 48.7 Å². The van der Waals surface area contributed by atoms with Crippen LogP contribution in [-0.2, 0) is 17.8 Å². The van der Waals surface area contributed by atoms with Crippen molar-refractivity contribution in [3.8, 4) is 0 Å². The number of pyridine rings is 1. The summed E-state index contributed by atoms with van der Waals surface area (Å²) in [6, 6.07) is 13.0. The normalized spacial score (nSPS) is 12.2. The van der Waals surface area contributed by atoms with Crippen molar-refractivity contribution in [2.24, 2.45) is 5.73 Å². The third-order valence-electron chi connectivity index (χ3n) is 3.62. The minimum Gasteiger partial charge on any atom is -0.361 e. The fourth-order valence-corrected chi connectivity index (χ4v) is 2.44. The number of aromatic nitrogens is 2. The number of rotatable bonds is 5. The Morgan fingerprint density at radius 3 is 2.86 bits per heavy atom. The van der Waals surface area contributed by atoms with Crippen molar-refractivity contribution in [1.82, 2.24) is 15.3 Å². The van der Waals surface area contributed by atoms with Gasteiger partial charge in [0, 0.05) is 23.3 Å². The standard InChI is InChI=1S/C17H18N4O/c18-15(17(22)21-11-13-5-3-4-8-19-13)9-12-10-20-16-7-2-1-6-14(12)16/h1-8,10,15,20H,9,11,18H2,(H,21,22)/t15-/m0/s1. The summed E-state index contributed by atoms with van der Waals surface area (Å²) in [4.78, 5) is 19.5. The predicted molar refractivity (Wildman–Crippen MR) is 86.1 cm³/mol. The zero-order valence-electron chi connectivity index (χ0n) is 12.1. The van der Waals surface area contributed by atoms with E-state index in [9.17, 15) is 4.79 Å². The first-order chi connectivity index (χ1) is 10.7. The first kappa shape index (κ1) is 14.3. The summed E-state index contributed by atoms with van der Waals surface area (Å²) in [5.74, 6) is -0.170. The van der Waals surface area contributed by atoms with E-state index in [1.54, 1.807) is 6.20 Å². The first-order valence-corrected chi connectivity index (χ1v) is 7.22. The molecule has 5 heteroatoms. The van der Waals surface area contributed by atoms with Gasteiger partial charge in [-0.3, -0.25) is 9.78 Å². The first-order valence-electron chi connectivity index (χ1n) is 7.22. The fourth-order valence-electron chi connectivity index (χ4n) is 2.44. The molecule has 0 saturated heterocycles. The van der Waals surface area contributed by atoms with Crippen molar-refractivity contribution in [3.05, 3.63) is 66.1 Å². The Hall–Kier alpha value is -2.66. The smallest absolute Gasteiger partial charge is 0.237 e. The van der Waals surface area contributed by atoms with Gasteiger partial charge in [-0.1, -0.05) is 24.3 Å². The average Bonchev–Trinajstić information content (AvgIpc) is 2.97. The van der Waals surface area contributed by atoms with Crippen LogP contribution in [0.4, 0.5) is 0 Å². The molecule has 3 aromatic rings. The number of nitrogens with two attached hydrogens (primary N) is 1. The summed E-state index contributed by atoms with van der Waals surface area (Å²) in [6.07, 6.45) is 4.11. The minimum absolute atomic E-state index is 0.170. The number of aromatic amines is 1. The number of nitrogens with zero attached hydrogens (tertiary/aromatic N) is 1. The van der Waals surface area contributed by atoms with Gasteiger partial charge in [-0.15, -0.1) is 0 Å². The van der Waals surface area contributed by atoms with Gasteiger partial charge in [-0.05, 0) is 30.2 Å². The molecular weight excluding hydrogens is 276 g/mol. The maximum absolute atomic E-state index is 12.1. The van der Waals surface area contributed by atoms with Crippen molar-refractivity contribution in [2.75, 3.05) is 0 Å². The van der Waals surface area contributed by atoms with Gasteiger partial charge in [0.2, 0.25) is 5.91 Å². The lowest BCUT2D eigenvalue weighted by Gasteiger charge is -2.11. The lowest BCUT2D eigenvalue weighted by Crippen LogP contribution is -2.41. The third kappa shape index (κ3) is 3.15. The molecule has 0 unspecified atom stereocenters. The van der Waals surface area contributed by atoms with Crippen molar-refractivity contribution in [1.29, 1.82) is 0 Å². The van der Waals surface area contributed by atoms with E-state index in [1.165, 1.54) is 0 Å². The Morgan fingerprint density at radius 1 is 1.23 bits per heavy atom. The molecule has 112 valence electrons. The third-order valence-corrected chi connectivity index (χ3v) is 3.62. The minimum atomic E-state index is -0.581. The molecule has 0 aliphatic carbocycles. The van der Waals surface area contributed by atoms with Crippen LogP contribution in [-0.4, -0.2) is 21.9 Å². The second-order valence-electron chi connectivity index (χ2n) is 5.21. The van der Waals surface area contributed by atoms with Gasteiger partial charge in [-0.2, -0.15) is 0 Å². The van der Waals surface area contributed by atoms with Gasteiger partial charge >= 0.3 is 0 Å². The molecule has 22 heavy (non-hydrogen) atoms. The van der Waals surface area contributed by atoms with Gasteiger partial charge in [0.05, 0.1) is 18.3 Å². The Morgan fingerprint density at radius 2 is 2.05 bits per heavy atom. The van der Waals surface area contributed by atoms with Crippen LogP contribution in [0.5, 0.6) is 0 Å². The molecule has 4 N–H and O–H groups in total. The Labute approximate surface area is 128 Å². The largest absolute Gasteiger partial charge is 0.361 e. The van der Waals surface area contributed by atoms with E-state index >= 15 is 0 Å². The lowest BCUT2D eigenvalue weighted by molar-refractivity contribution is -0.122. The van der Waals surface area contributed by atoms with Gasteiger partial charge < -0.3 is 16.0 Å². The molecule has 0 aliphatic heterocycles. The van der Waals surface area contributed by atoms with Crippen LogP contribution in [0.2, 0.25) is 0 Å². The summed E-state index contributed by atoms with van der Waals surface area (Å²) in [7, 11) is 0. The van der Waals surface area contributed by atoms with Crippen LogP contribution >= 0.6 is 0 Å². The molecule has 0 radical (unpaired) electrons. The zero-order valence-corrected chi connectivity index (χ0v) is 12.1. The Balaban J connectivity index is 1.61. The number of para-hydroxylation sites is 1. The van der Waals surface area contributed by atoms with Crippen molar-refractivity contribution < 1.29 is 4.79 Å². The average molecular weight is 294 g/mol. The quantitative estimate of drug-likeness (QED) is 0.670. The maximum atomic E-state index is 12.1. The molecule has 1 aromatic carbocycles. The summed E-state index contributed by atoms with van der Waals surface area (Å²) >= 11 is 0. The van der Waals surface area contributed by atoms with E-state index in [-0.39, 0.29) is 5.91 Å². The molecule has 2 aromatic heterocycles. The summed E-state index contributed by atoms with van der Waals surface area (Å²) in [5, 5.41) is 3.93. The molecule has 0 bridgehead atoms. The summed E-state index contributed by atoms with van der Waals surface area (Å²) in [6.45, 7) is 0.390. The summed E-state index contributed by atoms with van der Waals surface area (Å²) in [5.41, 5.74) is 8.94. The molecule has 1 atom stereocenters. The van der Waals surface area contributed by atoms with Crippen LogP contribution in [0.15, 0.2) is 54.9 Å². The molecule has 5 nitrogen and oxygen atoms in total. The highest BCUT2D eigenvalue weighted by Crippen LogP contribution is 2.18. The number of carbonyl (C=O) groups is 1. The van der Waals surface area contributed by atoms with Gasteiger partial charge in [0.25, 0.3) is 0 Å². The van der Waals surface area contributed by atoms with E-state index in [2.05, 4.69) is 15.3 Å². The highest BCUT2D eigenvalue weighted by atomic mass is 16.2. The van der Waals surface area contributed by atoms with Gasteiger partial charge in [0.1, 0.15) is 0 Å². The SMILES string of the molecule is N[C@@H](Cc1c[nH]c2ccccc12)C(=O)NCc1ccccn1. The van der Waals surface area contributed by atoms with Crippen LogP contribution < -0.4 is 11.1 Å². The molecular formula is C17H18N4O. The predicted octanol–water partition coefficient (Wildman–Crippen LogP) is 1.75. The van der Waals surface area contributed by atoms with Crippen LogP contribution in [0, 0.1) is 0 Å². The molecule has 0 aliphatic rings. The number of amides is 1. The zero-order chi connectivity index (χ0) is 15.4. The van der Waals surface area contributed by atoms with Crippen molar-refractivity contribution in [3.63, 3.8) is 0 Å². The van der Waals surface area contributed by atoms with Crippen molar-refractivity contribution >= 4 is 16.8 Å². The Bertz CT molecular complexity index is 766. The van der Waals surface area contributed by atoms with E-state index in [0.717, 1.165) is 22.2 Å². The molecule has 0 spiro atoms. The molecule has 0 saturated carbocycles. The van der Waals surface area contributed by atoms with E-state index < -0.39 is 6.04 Å². The Kier molecular flexibility index (Phi) is 4.16. The number of fused-ring (bicyclic) bond motifs is 1. The number of hydrogen-bond acceptors (Lipinski definition) is 3. The van der Waals surface area contributed by atoms with Gasteiger partial charge in [0.15, 0.2) is 0 Å². The molecule has 2 heterocycles. The number of H-pyrrole nitrogens is 1. The van der Waals surface area contributed by atoms with Crippen LogP contribution in [0.1, 0.15) is 11.3 Å². The highest BCUT2D eigenvalue weighted by molar-refractivity contribution is 5.86.